The van der Waals surface area contributed by atoms with Crippen molar-refractivity contribution in [3.05, 3.63) is 23.8 Å². The molecule has 24 heavy (non-hydrogen) atoms. The zero-order valence-corrected chi connectivity index (χ0v) is 16.1. The van der Waals surface area contributed by atoms with Crippen LogP contribution >= 0.6 is 0 Å². The number of benzene rings is 1. The molecular weight excluding hydrogens is 302 g/mol. The third-order valence-corrected chi connectivity index (χ3v) is 4.00. The lowest BCUT2D eigenvalue weighted by Crippen LogP contribution is -2.42. The number of hydrogen-bond acceptors (Lipinski definition) is 3. The number of hydrogen-bond donors (Lipinski definition) is 1. The molecule has 0 radical (unpaired) electrons. The Balaban J connectivity index is 2.81. The van der Waals surface area contributed by atoms with Crippen molar-refractivity contribution in [3.8, 4) is 5.75 Å². The van der Waals surface area contributed by atoms with Gasteiger partial charge in [-0.2, -0.15) is 0 Å². The van der Waals surface area contributed by atoms with Crippen LogP contribution in [0.25, 0.3) is 0 Å². The van der Waals surface area contributed by atoms with Gasteiger partial charge in [0.2, 0.25) is 0 Å². The van der Waals surface area contributed by atoms with E-state index in [1.165, 1.54) is 0 Å². The van der Waals surface area contributed by atoms with Crippen LogP contribution in [-0.2, 0) is 9.53 Å². The summed E-state index contributed by atoms with van der Waals surface area (Å²) in [5.74, 6) is 0.760. The van der Waals surface area contributed by atoms with Crippen molar-refractivity contribution in [1.82, 2.24) is 0 Å². The van der Waals surface area contributed by atoms with Crippen LogP contribution in [0.5, 0.6) is 5.75 Å². The van der Waals surface area contributed by atoms with Crippen LogP contribution in [0.3, 0.4) is 0 Å². The predicted molar refractivity (Wildman–Crippen MR) is 99.7 cm³/mol. The maximum Gasteiger partial charge on any atom is 0.256 e. The van der Waals surface area contributed by atoms with Crippen molar-refractivity contribution >= 4 is 11.6 Å². The summed E-state index contributed by atoms with van der Waals surface area (Å²) in [5.41, 5.74) is 0.992. The second-order valence-corrected chi connectivity index (χ2v) is 6.72. The van der Waals surface area contributed by atoms with E-state index in [0.717, 1.165) is 42.7 Å². The van der Waals surface area contributed by atoms with E-state index in [2.05, 4.69) is 12.2 Å². The molecule has 0 spiro atoms. The van der Waals surface area contributed by atoms with Crippen molar-refractivity contribution in [1.29, 1.82) is 0 Å². The molecule has 0 heterocycles. The Morgan fingerprint density at radius 1 is 1.25 bits per heavy atom. The van der Waals surface area contributed by atoms with E-state index in [9.17, 15) is 4.79 Å². The van der Waals surface area contributed by atoms with Gasteiger partial charge >= 0.3 is 0 Å². The minimum absolute atomic E-state index is 0.0858. The van der Waals surface area contributed by atoms with Gasteiger partial charge in [-0.25, -0.2) is 0 Å². The minimum Gasteiger partial charge on any atom is -0.491 e. The summed E-state index contributed by atoms with van der Waals surface area (Å²) >= 11 is 0. The molecule has 1 aromatic rings. The molecule has 1 aromatic carbocycles. The molecule has 1 atom stereocenters. The SMILES string of the molecule is CCCCC[C@](C)(OCC)C(=O)Nc1ccc(OC(C)C)c(C)c1. The van der Waals surface area contributed by atoms with Crippen molar-refractivity contribution in [2.75, 3.05) is 11.9 Å². The van der Waals surface area contributed by atoms with E-state index in [0.29, 0.717) is 6.61 Å². The highest BCUT2D eigenvalue weighted by Gasteiger charge is 2.33. The fourth-order valence-corrected chi connectivity index (χ4v) is 2.66. The topological polar surface area (TPSA) is 47.6 Å². The lowest BCUT2D eigenvalue weighted by atomic mass is 9.96. The molecule has 0 saturated carbocycles. The molecule has 1 rings (SSSR count). The van der Waals surface area contributed by atoms with Gasteiger partial charge < -0.3 is 14.8 Å². The van der Waals surface area contributed by atoms with Gasteiger partial charge in [-0.05, 0) is 64.8 Å². The fraction of sp³-hybridized carbons (Fsp3) is 0.650. The van der Waals surface area contributed by atoms with E-state index in [1.54, 1.807) is 0 Å². The first-order chi connectivity index (χ1) is 11.3. The zero-order valence-electron chi connectivity index (χ0n) is 16.1. The summed E-state index contributed by atoms with van der Waals surface area (Å²) in [6.45, 7) is 12.5. The van der Waals surface area contributed by atoms with Crippen LogP contribution in [0.2, 0.25) is 0 Å². The molecule has 0 aromatic heterocycles. The Morgan fingerprint density at radius 3 is 2.50 bits per heavy atom. The number of ether oxygens (including phenoxy) is 2. The van der Waals surface area contributed by atoms with E-state index in [-0.39, 0.29) is 12.0 Å². The normalized spacial score (nSPS) is 13.6. The molecule has 0 aliphatic heterocycles. The highest BCUT2D eigenvalue weighted by Crippen LogP contribution is 2.26. The number of rotatable bonds is 10. The zero-order chi connectivity index (χ0) is 18.2. The summed E-state index contributed by atoms with van der Waals surface area (Å²) in [4.78, 5) is 12.7. The van der Waals surface area contributed by atoms with Crippen LogP contribution in [0.15, 0.2) is 18.2 Å². The molecule has 136 valence electrons. The van der Waals surface area contributed by atoms with Gasteiger partial charge in [-0.3, -0.25) is 4.79 Å². The van der Waals surface area contributed by atoms with Crippen molar-refractivity contribution < 1.29 is 14.3 Å². The van der Waals surface area contributed by atoms with Gasteiger partial charge in [0.15, 0.2) is 0 Å². The molecule has 1 N–H and O–H groups in total. The van der Waals surface area contributed by atoms with Crippen LogP contribution in [0.1, 0.15) is 65.9 Å². The Hall–Kier alpha value is -1.55. The number of amides is 1. The molecule has 4 heteroatoms. The molecule has 1 amide bonds. The van der Waals surface area contributed by atoms with Gasteiger partial charge in [-0.15, -0.1) is 0 Å². The third-order valence-electron chi connectivity index (χ3n) is 4.00. The summed E-state index contributed by atoms with van der Waals surface area (Å²) in [7, 11) is 0. The van der Waals surface area contributed by atoms with Crippen molar-refractivity contribution in [2.24, 2.45) is 0 Å². The summed E-state index contributed by atoms with van der Waals surface area (Å²) < 4.78 is 11.5. The summed E-state index contributed by atoms with van der Waals surface area (Å²) in [5, 5.41) is 3.00. The van der Waals surface area contributed by atoms with Crippen LogP contribution in [0.4, 0.5) is 5.69 Å². The molecular formula is C20H33NO3. The fourth-order valence-electron chi connectivity index (χ4n) is 2.66. The lowest BCUT2D eigenvalue weighted by Gasteiger charge is -2.28. The monoisotopic (exact) mass is 335 g/mol. The Kier molecular flexibility index (Phi) is 8.26. The maximum atomic E-state index is 12.7. The van der Waals surface area contributed by atoms with E-state index in [1.807, 2.05) is 52.8 Å². The highest BCUT2D eigenvalue weighted by atomic mass is 16.5. The molecule has 0 bridgehead atoms. The molecule has 0 unspecified atom stereocenters. The first kappa shape index (κ1) is 20.5. The highest BCUT2D eigenvalue weighted by molar-refractivity contribution is 5.97. The molecule has 0 aliphatic rings. The minimum atomic E-state index is -0.787. The van der Waals surface area contributed by atoms with Crippen molar-refractivity contribution in [2.45, 2.75) is 78.9 Å². The second kappa shape index (κ2) is 9.67. The average Bonchev–Trinajstić information content (AvgIpc) is 2.50. The van der Waals surface area contributed by atoms with Crippen LogP contribution in [0, 0.1) is 6.92 Å². The second-order valence-electron chi connectivity index (χ2n) is 6.72. The van der Waals surface area contributed by atoms with Gasteiger partial charge in [-0.1, -0.05) is 26.2 Å². The molecule has 0 saturated heterocycles. The number of nitrogens with one attached hydrogen (secondary N) is 1. The smallest absolute Gasteiger partial charge is 0.256 e. The Labute approximate surface area is 146 Å². The Bertz CT molecular complexity index is 528. The van der Waals surface area contributed by atoms with Gasteiger partial charge in [0, 0.05) is 12.3 Å². The van der Waals surface area contributed by atoms with Crippen molar-refractivity contribution in [3.63, 3.8) is 0 Å². The number of carbonyl (C=O) groups is 1. The standard InChI is InChI=1S/C20H33NO3/c1-7-9-10-13-20(6,23-8-2)19(22)21-17-11-12-18(16(5)14-17)24-15(3)4/h11-12,14-15H,7-10,13H2,1-6H3,(H,21,22)/t20-/m0/s1. The van der Waals surface area contributed by atoms with Gasteiger partial charge in [0.25, 0.3) is 5.91 Å². The summed E-state index contributed by atoms with van der Waals surface area (Å²) in [6, 6.07) is 5.72. The van der Waals surface area contributed by atoms with E-state index in [4.69, 9.17) is 9.47 Å². The summed E-state index contributed by atoms with van der Waals surface area (Å²) in [6.07, 6.45) is 4.08. The molecule has 4 nitrogen and oxygen atoms in total. The average molecular weight is 335 g/mol. The van der Waals surface area contributed by atoms with E-state index >= 15 is 0 Å². The number of carbonyl (C=O) groups excluding carboxylic acids is 1. The lowest BCUT2D eigenvalue weighted by molar-refractivity contribution is -0.139. The van der Waals surface area contributed by atoms with E-state index < -0.39 is 5.60 Å². The van der Waals surface area contributed by atoms with Crippen LogP contribution in [-0.4, -0.2) is 24.2 Å². The predicted octanol–water partition coefficient (Wildman–Crippen LogP) is 5.10. The maximum absolute atomic E-state index is 12.7. The number of unbranched alkanes of at least 4 members (excludes halogenated alkanes) is 2. The first-order valence-corrected chi connectivity index (χ1v) is 9.05. The number of anilines is 1. The largest absolute Gasteiger partial charge is 0.491 e. The molecule has 0 fully saturated rings. The van der Waals surface area contributed by atoms with Gasteiger partial charge in [0.05, 0.1) is 6.10 Å². The first-order valence-electron chi connectivity index (χ1n) is 9.05. The Morgan fingerprint density at radius 2 is 1.96 bits per heavy atom. The molecule has 0 aliphatic carbocycles. The van der Waals surface area contributed by atoms with Gasteiger partial charge in [0.1, 0.15) is 11.4 Å². The number of aryl methyl sites for hydroxylation is 1. The quantitative estimate of drug-likeness (QED) is 0.605. The third kappa shape index (κ3) is 6.16. The van der Waals surface area contributed by atoms with Crippen LogP contribution < -0.4 is 10.1 Å².